The van der Waals surface area contributed by atoms with E-state index in [-0.39, 0.29) is 37.0 Å². The van der Waals surface area contributed by atoms with Crippen LogP contribution in [0.25, 0.3) is 0 Å². The van der Waals surface area contributed by atoms with Crippen molar-refractivity contribution in [3.8, 4) is 0 Å². The van der Waals surface area contributed by atoms with E-state index >= 15 is 0 Å². The highest BCUT2D eigenvalue weighted by Gasteiger charge is 2.30. The van der Waals surface area contributed by atoms with Crippen LogP contribution in [0.1, 0.15) is 46.0 Å². The van der Waals surface area contributed by atoms with Crippen molar-refractivity contribution >= 4 is 48.2 Å². The third kappa shape index (κ3) is 12.8. The highest BCUT2D eigenvalue weighted by Crippen LogP contribution is 2.08. The van der Waals surface area contributed by atoms with Gasteiger partial charge in [0.1, 0.15) is 18.1 Å². The van der Waals surface area contributed by atoms with Gasteiger partial charge in [0, 0.05) is 18.7 Å². The first kappa shape index (κ1) is 31.9. The zero-order valence-corrected chi connectivity index (χ0v) is 20.8. The van der Waals surface area contributed by atoms with Gasteiger partial charge in [0.25, 0.3) is 0 Å². The number of hydrogen-bond donors (Lipinski definition) is 9. The fourth-order valence-electron chi connectivity index (χ4n) is 2.82. The van der Waals surface area contributed by atoms with Crippen LogP contribution < -0.4 is 33.2 Å². The first-order chi connectivity index (χ1) is 16.3. The van der Waals surface area contributed by atoms with Gasteiger partial charge in [0.2, 0.25) is 17.7 Å². The molecule has 15 heteroatoms. The molecular weight excluding hydrogens is 482 g/mol. The maximum absolute atomic E-state index is 13.0. The molecule has 0 saturated heterocycles. The molecule has 0 aliphatic carbocycles. The molecule has 35 heavy (non-hydrogen) atoms. The van der Waals surface area contributed by atoms with Gasteiger partial charge in [-0.1, -0.05) is 20.3 Å². The second kappa shape index (κ2) is 16.5. The molecule has 0 heterocycles. The summed E-state index contributed by atoms with van der Waals surface area (Å²) in [6.45, 7) is 3.81. The molecule has 0 radical (unpaired) electrons. The number of rotatable bonds is 17. The van der Waals surface area contributed by atoms with Crippen molar-refractivity contribution in [3.63, 3.8) is 0 Å². The van der Waals surface area contributed by atoms with E-state index < -0.39 is 60.2 Å². The molecular formula is C20H37N7O7S. The Morgan fingerprint density at radius 2 is 1.43 bits per heavy atom. The Kier molecular flexibility index (Phi) is 15.1. The summed E-state index contributed by atoms with van der Waals surface area (Å²) in [5.41, 5.74) is 16.5. The summed E-state index contributed by atoms with van der Waals surface area (Å²) in [4.78, 5) is 64.2. The average Bonchev–Trinajstić information content (AvgIpc) is 2.79. The highest BCUT2D eigenvalue weighted by atomic mass is 32.1. The fourth-order valence-corrected chi connectivity index (χ4v) is 3.07. The van der Waals surface area contributed by atoms with Crippen LogP contribution in [0.5, 0.6) is 0 Å². The minimum Gasteiger partial charge on any atom is -0.481 e. The summed E-state index contributed by atoms with van der Waals surface area (Å²) in [6, 6.07) is -4.74. The quantitative estimate of drug-likeness (QED) is 0.0431. The van der Waals surface area contributed by atoms with E-state index in [0.717, 1.165) is 0 Å². The minimum atomic E-state index is -1.37. The van der Waals surface area contributed by atoms with Gasteiger partial charge in [-0.05, 0) is 25.2 Å². The van der Waals surface area contributed by atoms with Crippen LogP contribution in [0.2, 0.25) is 0 Å². The van der Waals surface area contributed by atoms with E-state index in [1.807, 2.05) is 6.92 Å². The zero-order valence-electron chi connectivity index (χ0n) is 19.9. The number of nitrogens with zero attached hydrogens (tertiary/aromatic N) is 1. The van der Waals surface area contributed by atoms with Gasteiger partial charge >= 0.3 is 11.9 Å². The zero-order chi connectivity index (χ0) is 27.1. The fraction of sp³-hybridized carbons (Fsp3) is 0.700. The molecule has 11 N–H and O–H groups in total. The van der Waals surface area contributed by atoms with Crippen molar-refractivity contribution in [2.75, 3.05) is 12.3 Å². The summed E-state index contributed by atoms with van der Waals surface area (Å²) in [5, 5.41) is 25.3. The average molecular weight is 520 g/mol. The number of aliphatic imine (C=N–C) groups is 1. The lowest BCUT2D eigenvalue weighted by Gasteiger charge is -2.25. The molecule has 0 spiro atoms. The number of carbonyl (C=O) groups excluding carboxylic acids is 3. The van der Waals surface area contributed by atoms with Gasteiger partial charge in [0.05, 0.1) is 6.04 Å². The molecule has 0 aliphatic rings. The lowest BCUT2D eigenvalue weighted by atomic mass is 9.98. The summed E-state index contributed by atoms with van der Waals surface area (Å²) < 4.78 is 0. The van der Waals surface area contributed by atoms with E-state index in [1.165, 1.54) is 0 Å². The van der Waals surface area contributed by atoms with Crippen LogP contribution >= 0.6 is 12.6 Å². The molecule has 0 bridgehead atoms. The number of nitrogens with two attached hydrogens (primary N) is 3. The number of nitrogens with one attached hydrogen (secondary N) is 3. The van der Waals surface area contributed by atoms with Crippen molar-refractivity contribution in [2.24, 2.45) is 28.1 Å². The van der Waals surface area contributed by atoms with Crippen molar-refractivity contribution in [2.45, 2.75) is 70.1 Å². The highest BCUT2D eigenvalue weighted by molar-refractivity contribution is 7.80. The molecule has 0 fully saturated rings. The summed E-state index contributed by atoms with van der Waals surface area (Å²) in [7, 11) is 0. The van der Waals surface area contributed by atoms with Crippen molar-refractivity contribution in [1.82, 2.24) is 16.0 Å². The Labute approximate surface area is 209 Å². The molecule has 5 unspecified atom stereocenters. The van der Waals surface area contributed by atoms with Crippen LogP contribution in [0, 0.1) is 5.92 Å². The molecule has 3 amide bonds. The Balaban J connectivity index is 5.63. The van der Waals surface area contributed by atoms with E-state index in [2.05, 4.69) is 33.6 Å². The number of thiol groups is 1. The first-order valence-corrected chi connectivity index (χ1v) is 11.7. The minimum absolute atomic E-state index is 0.0865. The Morgan fingerprint density at radius 3 is 1.89 bits per heavy atom. The Bertz CT molecular complexity index is 777. The van der Waals surface area contributed by atoms with E-state index in [0.29, 0.717) is 12.8 Å². The predicted octanol–water partition coefficient (Wildman–Crippen LogP) is -2.25. The number of hydrogen-bond acceptors (Lipinski definition) is 8. The second-order valence-electron chi connectivity index (χ2n) is 8.00. The summed E-state index contributed by atoms with van der Waals surface area (Å²) in [6.07, 6.45) is 0.221. The van der Waals surface area contributed by atoms with Crippen molar-refractivity contribution in [3.05, 3.63) is 0 Å². The van der Waals surface area contributed by atoms with Crippen molar-refractivity contribution < 1.29 is 34.2 Å². The van der Waals surface area contributed by atoms with Gasteiger partial charge in [-0.3, -0.25) is 24.2 Å². The van der Waals surface area contributed by atoms with Gasteiger partial charge < -0.3 is 43.4 Å². The number of carboxylic acids is 2. The summed E-state index contributed by atoms with van der Waals surface area (Å²) in [5.74, 6) is -5.35. The monoisotopic (exact) mass is 519 g/mol. The Hall–Kier alpha value is -3.07. The van der Waals surface area contributed by atoms with Crippen LogP contribution in [-0.2, 0) is 24.0 Å². The predicted molar refractivity (Wildman–Crippen MR) is 131 cm³/mol. The molecule has 0 aromatic carbocycles. The molecule has 200 valence electrons. The molecule has 0 rings (SSSR count). The molecule has 5 atom stereocenters. The molecule has 0 aliphatic heterocycles. The SMILES string of the molecule is CCC(C)C(N)C(=O)NC(CCCN=C(N)N)C(=O)NC(CCC(=O)O)C(=O)NC(CS)C(=O)O. The Morgan fingerprint density at radius 1 is 0.914 bits per heavy atom. The van der Waals surface area contributed by atoms with Crippen LogP contribution in [0.3, 0.4) is 0 Å². The number of amides is 3. The van der Waals surface area contributed by atoms with Crippen LogP contribution in [0.4, 0.5) is 0 Å². The number of carbonyl (C=O) groups is 5. The van der Waals surface area contributed by atoms with Gasteiger partial charge in [-0.15, -0.1) is 0 Å². The maximum atomic E-state index is 13.0. The smallest absolute Gasteiger partial charge is 0.327 e. The molecule has 0 aromatic rings. The largest absolute Gasteiger partial charge is 0.481 e. The van der Waals surface area contributed by atoms with Crippen molar-refractivity contribution in [1.29, 1.82) is 0 Å². The van der Waals surface area contributed by atoms with Gasteiger partial charge in [-0.2, -0.15) is 12.6 Å². The maximum Gasteiger partial charge on any atom is 0.327 e. The summed E-state index contributed by atoms with van der Waals surface area (Å²) >= 11 is 3.86. The van der Waals surface area contributed by atoms with Gasteiger partial charge in [0.15, 0.2) is 5.96 Å². The van der Waals surface area contributed by atoms with Gasteiger partial charge in [-0.25, -0.2) is 4.79 Å². The van der Waals surface area contributed by atoms with Crippen LogP contribution in [0.15, 0.2) is 4.99 Å². The molecule has 14 nitrogen and oxygen atoms in total. The van der Waals surface area contributed by atoms with Crippen LogP contribution in [-0.4, -0.2) is 82.3 Å². The number of guanidine groups is 1. The standard InChI is InChI=1S/C20H37N7O7S/c1-3-10(2)15(21)18(32)26-11(5-4-8-24-20(22)23)16(30)25-12(6-7-14(28)29)17(31)27-13(9-35)19(33)34/h10-13,15,35H,3-9,21H2,1-2H3,(H,25,30)(H,26,32)(H,27,31)(H,28,29)(H,33,34)(H4,22,23,24). The first-order valence-electron chi connectivity index (χ1n) is 11.1. The topological polar surface area (TPSA) is 252 Å². The second-order valence-corrected chi connectivity index (χ2v) is 8.36. The third-order valence-corrected chi connectivity index (χ3v) is 5.58. The number of carboxylic acid groups (broad SMARTS) is 2. The lowest BCUT2D eigenvalue weighted by molar-refractivity contribution is -0.142. The molecule has 0 saturated carbocycles. The third-order valence-electron chi connectivity index (χ3n) is 5.22. The lowest BCUT2D eigenvalue weighted by Crippen LogP contribution is -2.57. The van der Waals surface area contributed by atoms with E-state index in [9.17, 15) is 24.0 Å². The van der Waals surface area contributed by atoms with E-state index in [4.69, 9.17) is 27.4 Å². The molecule has 0 aromatic heterocycles. The van der Waals surface area contributed by atoms with E-state index in [1.54, 1.807) is 6.92 Å². The normalized spacial score (nSPS) is 15.0. The number of aliphatic carboxylic acids is 2.